The standard InChI is InChI=1S/C24H24N2O4/c1-16-3-2-4-19(11-16)24(29)26-14-20(27)12-21(26)22(28)10-7-17-5-8-18(9-6-17)23-13-25-15-30-23/h2-6,8-9,11,13,15,20-21,27H,7,10,12,14H2,1H3/t20-,21+/m1/s1. The lowest BCUT2D eigenvalue weighted by Crippen LogP contribution is -2.40. The Morgan fingerprint density at radius 3 is 2.70 bits per heavy atom. The van der Waals surface area contributed by atoms with Crippen molar-refractivity contribution in [3.05, 3.63) is 77.8 Å². The Hall–Kier alpha value is -3.25. The fourth-order valence-electron chi connectivity index (χ4n) is 3.92. The number of benzene rings is 2. The number of hydrogen-bond donors (Lipinski definition) is 1. The number of aliphatic hydroxyl groups is 1. The number of aryl methyl sites for hydroxylation is 2. The van der Waals surface area contributed by atoms with Gasteiger partial charge < -0.3 is 14.4 Å². The van der Waals surface area contributed by atoms with Crippen molar-refractivity contribution in [2.24, 2.45) is 0 Å². The molecule has 0 unspecified atom stereocenters. The molecular weight excluding hydrogens is 380 g/mol. The molecule has 3 aromatic rings. The largest absolute Gasteiger partial charge is 0.444 e. The first-order valence-corrected chi connectivity index (χ1v) is 10.1. The van der Waals surface area contributed by atoms with Crippen molar-refractivity contribution in [3.8, 4) is 11.3 Å². The molecule has 154 valence electrons. The van der Waals surface area contributed by atoms with E-state index in [2.05, 4.69) is 4.98 Å². The molecule has 2 aromatic carbocycles. The Morgan fingerprint density at radius 2 is 2.00 bits per heavy atom. The molecule has 0 saturated carbocycles. The van der Waals surface area contributed by atoms with Crippen LogP contribution in [0.3, 0.4) is 0 Å². The average molecular weight is 404 g/mol. The number of rotatable bonds is 6. The lowest BCUT2D eigenvalue weighted by molar-refractivity contribution is -0.122. The summed E-state index contributed by atoms with van der Waals surface area (Å²) in [5, 5.41) is 10.1. The highest BCUT2D eigenvalue weighted by molar-refractivity contribution is 5.98. The van der Waals surface area contributed by atoms with E-state index < -0.39 is 12.1 Å². The van der Waals surface area contributed by atoms with E-state index in [1.165, 1.54) is 11.3 Å². The summed E-state index contributed by atoms with van der Waals surface area (Å²) in [6, 6.07) is 14.5. The third-order valence-electron chi connectivity index (χ3n) is 5.51. The Kier molecular flexibility index (Phi) is 5.77. The van der Waals surface area contributed by atoms with Crippen LogP contribution in [-0.2, 0) is 11.2 Å². The molecule has 1 fully saturated rings. The minimum absolute atomic E-state index is 0.0214. The molecular formula is C24H24N2O4. The number of aromatic nitrogens is 1. The van der Waals surface area contributed by atoms with E-state index in [4.69, 9.17) is 4.42 Å². The maximum atomic E-state index is 12.9. The highest BCUT2D eigenvalue weighted by Crippen LogP contribution is 2.24. The van der Waals surface area contributed by atoms with Crippen molar-refractivity contribution in [3.63, 3.8) is 0 Å². The van der Waals surface area contributed by atoms with Gasteiger partial charge in [-0.25, -0.2) is 4.98 Å². The molecule has 1 amide bonds. The molecule has 0 radical (unpaired) electrons. The lowest BCUT2D eigenvalue weighted by Gasteiger charge is -2.23. The maximum Gasteiger partial charge on any atom is 0.254 e. The van der Waals surface area contributed by atoms with E-state index in [0.717, 1.165) is 16.7 Å². The topological polar surface area (TPSA) is 83.6 Å². The van der Waals surface area contributed by atoms with E-state index in [1.807, 2.05) is 49.4 Å². The summed E-state index contributed by atoms with van der Waals surface area (Å²) < 4.78 is 5.29. The number of carbonyl (C=O) groups is 2. The van der Waals surface area contributed by atoms with Crippen molar-refractivity contribution in [2.75, 3.05) is 6.54 Å². The van der Waals surface area contributed by atoms with Gasteiger partial charge in [0.25, 0.3) is 5.91 Å². The first kappa shape index (κ1) is 20.0. The Balaban J connectivity index is 1.41. The van der Waals surface area contributed by atoms with Gasteiger partial charge >= 0.3 is 0 Å². The van der Waals surface area contributed by atoms with Crippen molar-refractivity contribution >= 4 is 11.7 Å². The van der Waals surface area contributed by atoms with Gasteiger partial charge in [-0.2, -0.15) is 0 Å². The van der Waals surface area contributed by atoms with E-state index in [1.54, 1.807) is 12.3 Å². The Bertz CT molecular complexity index is 1030. The van der Waals surface area contributed by atoms with E-state index in [-0.39, 0.29) is 18.2 Å². The van der Waals surface area contributed by atoms with Gasteiger partial charge in [0.05, 0.1) is 18.3 Å². The average Bonchev–Trinajstić information content (AvgIpc) is 3.42. The van der Waals surface area contributed by atoms with Crippen LogP contribution in [0.2, 0.25) is 0 Å². The lowest BCUT2D eigenvalue weighted by atomic mass is 10.00. The molecule has 6 nitrogen and oxygen atoms in total. The minimum Gasteiger partial charge on any atom is -0.444 e. The van der Waals surface area contributed by atoms with Crippen LogP contribution in [0.1, 0.15) is 34.3 Å². The van der Waals surface area contributed by atoms with Gasteiger partial charge in [0.15, 0.2) is 17.9 Å². The number of oxazole rings is 1. The van der Waals surface area contributed by atoms with Crippen LogP contribution >= 0.6 is 0 Å². The Labute approximate surface area is 175 Å². The predicted octanol–water partition coefficient (Wildman–Crippen LogP) is 3.43. The highest BCUT2D eigenvalue weighted by Gasteiger charge is 2.38. The summed E-state index contributed by atoms with van der Waals surface area (Å²) in [4.78, 5) is 31.3. The second kappa shape index (κ2) is 8.63. The van der Waals surface area contributed by atoms with Crippen LogP contribution in [0.4, 0.5) is 0 Å². The number of nitrogens with zero attached hydrogens (tertiary/aromatic N) is 2. The second-order valence-corrected chi connectivity index (χ2v) is 7.76. The fraction of sp³-hybridized carbons (Fsp3) is 0.292. The smallest absolute Gasteiger partial charge is 0.254 e. The van der Waals surface area contributed by atoms with Crippen molar-refractivity contribution in [1.29, 1.82) is 0 Å². The molecule has 1 N–H and O–H groups in total. The summed E-state index contributed by atoms with van der Waals surface area (Å²) >= 11 is 0. The van der Waals surface area contributed by atoms with E-state index in [0.29, 0.717) is 30.6 Å². The zero-order chi connectivity index (χ0) is 21.1. The second-order valence-electron chi connectivity index (χ2n) is 7.76. The van der Waals surface area contributed by atoms with Crippen LogP contribution in [0.15, 0.2) is 65.5 Å². The number of hydrogen-bond acceptors (Lipinski definition) is 5. The van der Waals surface area contributed by atoms with Gasteiger partial charge in [-0.15, -0.1) is 0 Å². The van der Waals surface area contributed by atoms with Crippen molar-refractivity contribution in [1.82, 2.24) is 9.88 Å². The SMILES string of the molecule is Cc1cccc(C(=O)N2C[C@H](O)C[C@H]2C(=O)CCc2ccc(-c3cnco3)cc2)c1. The van der Waals surface area contributed by atoms with Crippen molar-refractivity contribution < 1.29 is 19.1 Å². The molecule has 1 saturated heterocycles. The van der Waals surface area contributed by atoms with E-state index >= 15 is 0 Å². The molecule has 6 heteroatoms. The zero-order valence-corrected chi connectivity index (χ0v) is 16.8. The van der Waals surface area contributed by atoms with Crippen molar-refractivity contribution in [2.45, 2.75) is 38.3 Å². The monoisotopic (exact) mass is 404 g/mol. The molecule has 2 heterocycles. The van der Waals surface area contributed by atoms with Crippen LogP contribution in [0.25, 0.3) is 11.3 Å². The molecule has 1 aliphatic heterocycles. The molecule has 30 heavy (non-hydrogen) atoms. The van der Waals surface area contributed by atoms with Crippen LogP contribution < -0.4 is 0 Å². The van der Waals surface area contributed by atoms with Crippen LogP contribution in [-0.4, -0.2) is 45.4 Å². The minimum atomic E-state index is -0.672. The van der Waals surface area contributed by atoms with Gasteiger partial charge in [-0.05, 0) is 31.0 Å². The third-order valence-corrected chi connectivity index (χ3v) is 5.51. The molecule has 0 spiro atoms. The van der Waals surface area contributed by atoms with Gasteiger partial charge in [0, 0.05) is 30.5 Å². The van der Waals surface area contributed by atoms with Gasteiger partial charge in [-0.1, -0.05) is 42.0 Å². The summed E-state index contributed by atoms with van der Waals surface area (Å²) in [6.45, 7) is 2.11. The number of β-amino-alcohol motifs (C(OH)–C–C–N with tert-alkyl or cyclic N) is 1. The molecule has 2 atom stereocenters. The van der Waals surface area contributed by atoms with Crippen LogP contribution in [0.5, 0.6) is 0 Å². The number of aliphatic hydroxyl groups excluding tert-OH is 1. The number of ketones is 1. The number of carbonyl (C=O) groups excluding carboxylic acids is 2. The molecule has 0 bridgehead atoms. The van der Waals surface area contributed by atoms with Gasteiger partial charge in [0.1, 0.15) is 0 Å². The first-order chi connectivity index (χ1) is 14.5. The summed E-state index contributed by atoms with van der Waals surface area (Å²) in [5.74, 6) is 0.472. The quantitative estimate of drug-likeness (QED) is 0.681. The predicted molar refractivity (Wildman–Crippen MR) is 112 cm³/mol. The molecule has 4 rings (SSSR count). The first-order valence-electron chi connectivity index (χ1n) is 10.1. The van der Waals surface area contributed by atoms with Gasteiger partial charge in [0.2, 0.25) is 0 Å². The van der Waals surface area contributed by atoms with Crippen LogP contribution in [0, 0.1) is 6.92 Å². The molecule has 1 aliphatic rings. The Morgan fingerprint density at radius 1 is 1.20 bits per heavy atom. The summed E-state index contributed by atoms with van der Waals surface area (Å²) in [6.07, 6.45) is 3.56. The molecule has 0 aliphatic carbocycles. The number of Topliss-reactive ketones (excluding diaryl/α,β-unsaturated/α-hetero) is 1. The maximum absolute atomic E-state index is 12.9. The fourth-order valence-corrected chi connectivity index (χ4v) is 3.92. The molecule has 1 aromatic heterocycles. The van der Waals surface area contributed by atoms with Gasteiger partial charge in [-0.3, -0.25) is 9.59 Å². The highest BCUT2D eigenvalue weighted by atomic mass is 16.3. The zero-order valence-electron chi connectivity index (χ0n) is 16.8. The number of likely N-dealkylation sites (tertiary alicyclic amines) is 1. The normalized spacial score (nSPS) is 18.5. The summed E-state index contributed by atoms with van der Waals surface area (Å²) in [7, 11) is 0. The third kappa shape index (κ3) is 4.33. The summed E-state index contributed by atoms with van der Waals surface area (Å²) in [5.41, 5.74) is 3.49. The van der Waals surface area contributed by atoms with E-state index in [9.17, 15) is 14.7 Å². The number of amides is 1.